The number of benzene rings is 2. The predicted octanol–water partition coefficient (Wildman–Crippen LogP) is 4.98. The van der Waals surface area contributed by atoms with E-state index >= 15 is 0 Å². The first kappa shape index (κ1) is 22.6. The van der Waals surface area contributed by atoms with Gasteiger partial charge in [0.05, 0.1) is 23.7 Å². The van der Waals surface area contributed by atoms with E-state index in [0.717, 1.165) is 16.7 Å². The number of ketones is 1. The number of carbonyl (C=O) groups excluding carboxylic acids is 2. The molecule has 3 aromatic rings. The summed E-state index contributed by atoms with van der Waals surface area (Å²) in [5.74, 6) is -1.35. The maximum Gasteiger partial charge on any atom is 0.295 e. The molecule has 1 aromatic heterocycles. The second-order valence-corrected chi connectivity index (χ2v) is 8.40. The number of likely N-dealkylation sites (tertiary alicyclic amines) is 1. The number of carbonyl (C=O) groups is 2. The van der Waals surface area contributed by atoms with Gasteiger partial charge in [-0.1, -0.05) is 41.4 Å². The SMILES string of the molecule is COc1ccc(Cl)c(/C(O)=C2\C(=O)C(=O)N(Cc3cc(C)ccc3C)C2c2cccnc2)c1. The van der Waals surface area contributed by atoms with Gasteiger partial charge in [-0.05, 0) is 54.8 Å². The molecule has 2 aromatic carbocycles. The van der Waals surface area contributed by atoms with Gasteiger partial charge in [0.2, 0.25) is 0 Å². The standard InChI is InChI=1S/C26H23ClN2O4/c1-15-6-7-16(2)18(11-15)14-29-23(17-5-4-10-28-13-17)22(25(31)26(29)32)24(30)20-12-19(33-3)8-9-21(20)27/h4-13,23,30H,14H2,1-3H3/b24-22+. The molecule has 1 amide bonds. The Morgan fingerprint density at radius 1 is 1.15 bits per heavy atom. The number of aryl methyl sites for hydroxylation is 2. The largest absolute Gasteiger partial charge is 0.507 e. The van der Waals surface area contributed by atoms with Crippen molar-refractivity contribution in [1.29, 1.82) is 0 Å². The minimum atomic E-state index is -0.819. The number of nitrogens with zero attached hydrogens (tertiary/aromatic N) is 2. The zero-order chi connectivity index (χ0) is 23.7. The van der Waals surface area contributed by atoms with Crippen molar-refractivity contribution < 1.29 is 19.4 Å². The quantitative estimate of drug-likeness (QED) is 0.328. The molecule has 168 valence electrons. The number of methoxy groups -OCH3 is 1. The van der Waals surface area contributed by atoms with Gasteiger partial charge >= 0.3 is 0 Å². The summed E-state index contributed by atoms with van der Waals surface area (Å²) in [5, 5.41) is 11.5. The molecule has 1 saturated heterocycles. The molecule has 1 fully saturated rings. The minimum Gasteiger partial charge on any atom is -0.507 e. The molecule has 1 unspecified atom stereocenters. The fraction of sp³-hybridized carbons (Fsp3) is 0.192. The van der Waals surface area contributed by atoms with Crippen LogP contribution in [0.25, 0.3) is 5.76 Å². The third-order valence-electron chi connectivity index (χ3n) is 5.81. The third-order valence-corrected chi connectivity index (χ3v) is 6.14. The van der Waals surface area contributed by atoms with E-state index in [9.17, 15) is 14.7 Å². The van der Waals surface area contributed by atoms with Gasteiger partial charge in [0.15, 0.2) is 0 Å². The molecule has 6 nitrogen and oxygen atoms in total. The molecule has 4 rings (SSSR count). The molecule has 0 bridgehead atoms. The molecular formula is C26H23ClN2O4. The molecule has 0 radical (unpaired) electrons. The maximum atomic E-state index is 13.2. The number of amides is 1. The van der Waals surface area contributed by atoms with Crippen LogP contribution in [0.4, 0.5) is 0 Å². The molecule has 0 spiro atoms. The van der Waals surface area contributed by atoms with Crippen LogP contribution in [0.15, 0.2) is 66.5 Å². The van der Waals surface area contributed by atoms with Crippen LogP contribution in [-0.2, 0) is 16.1 Å². The molecule has 0 saturated carbocycles. The Labute approximate surface area is 197 Å². The number of hydrogen-bond acceptors (Lipinski definition) is 5. The van der Waals surface area contributed by atoms with Gasteiger partial charge in [0.1, 0.15) is 11.5 Å². The Balaban J connectivity index is 1.90. The number of Topliss-reactive ketones (excluding diaryl/α,β-unsaturated/α-hetero) is 1. The van der Waals surface area contributed by atoms with Crippen molar-refractivity contribution >= 4 is 29.1 Å². The molecule has 0 aliphatic carbocycles. The van der Waals surface area contributed by atoms with Crippen molar-refractivity contribution in [2.75, 3.05) is 7.11 Å². The van der Waals surface area contributed by atoms with Crippen LogP contribution >= 0.6 is 11.6 Å². The second kappa shape index (κ2) is 9.08. The zero-order valence-electron chi connectivity index (χ0n) is 18.5. The Bertz CT molecular complexity index is 1270. The first-order chi connectivity index (χ1) is 15.8. The zero-order valence-corrected chi connectivity index (χ0v) is 19.3. The Morgan fingerprint density at radius 2 is 1.94 bits per heavy atom. The van der Waals surface area contributed by atoms with E-state index in [4.69, 9.17) is 16.3 Å². The van der Waals surface area contributed by atoms with Gasteiger partial charge in [0.25, 0.3) is 11.7 Å². The van der Waals surface area contributed by atoms with Crippen LogP contribution in [-0.4, -0.2) is 33.8 Å². The lowest BCUT2D eigenvalue weighted by atomic mass is 9.95. The van der Waals surface area contributed by atoms with Gasteiger partial charge in [-0.2, -0.15) is 0 Å². The van der Waals surface area contributed by atoms with Gasteiger partial charge < -0.3 is 14.7 Å². The van der Waals surface area contributed by atoms with Gasteiger partial charge in [0, 0.05) is 24.5 Å². The maximum absolute atomic E-state index is 13.2. The van der Waals surface area contributed by atoms with E-state index in [1.807, 2.05) is 32.0 Å². The highest BCUT2D eigenvalue weighted by molar-refractivity contribution is 6.47. The van der Waals surface area contributed by atoms with Crippen LogP contribution < -0.4 is 4.74 Å². The van der Waals surface area contributed by atoms with E-state index in [-0.39, 0.29) is 28.5 Å². The molecule has 7 heteroatoms. The lowest BCUT2D eigenvalue weighted by Crippen LogP contribution is -2.29. The van der Waals surface area contributed by atoms with Crippen LogP contribution in [0, 0.1) is 13.8 Å². The number of aliphatic hydroxyl groups excluding tert-OH is 1. The molecule has 1 N–H and O–H groups in total. The Morgan fingerprint density at radius 3 is 2.64 bits per heavy atom. The van der Waals surface area contributed by atoms with E-state index in [1.54, 1.807) is 36.7 Å². The summed E-state index contributed by atoms with van der Waals surface area (Å²) in [4.78, 5) is 32.1. The molecular weight excluding hydrogens is 440 g/mol. The van der Waals surface area contributed by atoms with E-state index in [1.165, 1.54) is 18.1 Å². The average molecular weight is 463 g/mol. The van der Waals surface area contributed by atoms with Crippen molar-refractivity contribution in [2.24, 2.45) is 0 Å². The summed E-state index contributed by atoms with van der Waals surface area (Å²) in [6, 6.07) is 13.4. The van der Waals surface area contributed by atoms with Crippen molar-refractivity contribution in [3.63, 3.8) is 0 Å². The lowest BCUT2D eigenvalue weighted by Gasteiger charge is -2.26. The highest BCUT2D eigenvalue weighted by Crippen LogP contribution is 2.41. The number of ether oxygens (including phenoxy) is 1. The van der Waals surface area contributed by atoms with Crippen molar-refractivity contribution in [2.45, 2.75) is 26.4 Å². The molecule has 33 heavy (non-hydrogen) atoms. The highest BCUT2D eigenvalue weighted by atomic mass is 35.5. The monoisotopic (exact) mass is 462 g/mol. The minimum absolute atomic E-state index is 0.0338. The smallest absolute Gasteiger partial charge is 0.295 e. The first-order valence-electron chi connectivity index (χ1n) is 10.4. The van der Waals surface area contributed by atoms with Crippen LogP contribution in [0.5, 0.6) is 5.75 Å². The fourth-order valence-electron chi connectivity index (χ4n) is 4.04. The summed E-state index contributed by atoms with van der Waals surface area (Å²) >= 11 is 6.34. The molecule has 1 aliphatic heterocycles. The molecule has 1 aliphatic rings. The second-order valence-electron chi connectivity index (χ2n) is 7.99. The first-order valence-corrected chi connectivity index (χ1v) is 10.8. The third kappa shape index (κ3) is 4.22. The van der Waals surface area contributed by atoms with Crippen LogP contribution in [0.3, 0.4) is 0 Å². The topological polar surface area (TPSA) is 79.7 Å². The molecule has 2 heterocycles. The van der Waals surface area contributed by atoms with Gasteiger partial charge in [-0.15, -0.1) is 0 Å². The summed E-state index contributed by atoms with van der Waals surface area (Å²) < 4.78 is 5.24. The molecule has 1 atom stereocenters. The Kier molecular flexibility index (Phi) is 6.20. The van der Waals surface area contributed by atoms with Crippen molar-refractivity contribution in [1.82, 2.24) is 9.88 Å². The van der Waals surface area contributed by atoms with Crippen LogP contribution in [0.2, 0.25) is 5.02 Å². The lowest BCUT2D eigenvalue weighted by molar-refractivity contribution is -0.140. The summed E-state index contributed by atoms with van der Waals surface area (Å²) in [6.45, 7) is 4.14. The van der Waals surface area contributed by atoms with E-state index < -0.39 is 17.7 Å². The van der Waals surface area contributed by atoms with Crippen LogP contribution in [0.1, 0.15) is 33.9 Å². The van der Waals surface area contributed by atoms with E-state index in [0.29, 0.717) is 11.3 Å². The summed E-state index contributed by atoms with van der Waals surface area (Å²) in [7, 11) is 1.49. The fourth-order valence-corrected chi connectivity index (χ4v) is 4.25. The summed E-state index contributed by atoms with van der Waals surface area (Å²) in [6.07, 6.45) is 3.20. The number of aliphatic hydroxyl groups is 1. The highest BCUT2D eigenvalue weighted by Gasteiger charge is 2.46. The normalized spacial score (nSPS) is 17.5. The number of aromatic nitrogens is 1. The Hall–Kier alpha value is -3.64. The number of rotatable bonds is 5. The number of halogens is 1. The van der Waals surface area contributed by atoms with E-state index in [2.05, 4.69) is 4.98 Å². The van der Waals surface area contributed by atoms with Gasteiger partial charge in [-0.25, -0.2) is 0 Å². The number of hydrogen-bond donors (Lipinski definition) is 1. The average Bonchev–Trinajstić information content (AvgIpc) is 3.07. The predicted molar refractivity (Wildman–Crippen MR) is 126 cm³/mol. The van der Waals surface area contributed by atoms with Gasteiger partial charge in [-0.3, -0.25) is 14.6 Å². The summed E-state index contributed by atoms with van der Waals surface area (Å²) in [5.41, 5.74) is 3.77. The number of pyridine rings is 1. The van der Waals surface area contributed by atoms with Crippen molar-refractivity contribution in [3.05, 3.63) is 99.3 Å². The van der Waals surface area contributed by atoms with Crippen molar-refractivity contribution in [3.8, 4) is 5.75 Å².